The molecule has 3 rings (SSSR count). The van der Waals surface area contributed by atoms with E-state index < -0.39 is 6.09 Å². The van der Waals surface area contributed by atoms with E-state index in [0.29, 0.717) is 11.4 Å². The highest BCUT2D eigenvalue weighted by molar-refractivity contribution is 7.99. The Morgan fingerprint density at radius 2 is 1.85 bits per heavy atom. The average Bonchev–Trinajstić information content (AvgIpc) is 2.62. The Balaban J connectivity index is 1.57. The number of amides is 1. The number of anilines is 2. The molecule has 4 nitrogen and oxygen atoms in total. The number of hydrogen-bond donors (Lipinski definition) is 1. The summed E-state index contributed by atoms with van der Waals surface area (Å²) in [5, 5.41) is 2.58. The number of halogens is 1. The highest BCUT2D eigenvalue weighted by atomic mass is 32.2. The van der Waals surface area contributed by atoms with E-state index in [1.54, 1.807) is 12.1 Å². The van der Waals surface area contributed by atoms with Crippen molar-refractivity contribution in [3.63, 3.8) is 0 Å². The van der Waals surface area contributed by atoms with Gasteiger partial charge in [0.05, 0.1) is 5.69 Å². The van der Waals surface area contributed by atoms with Crippen LogP contribution in [0.3, 0.4) is 0 Å². The number of thioether (sulfide) groups is 1. The van der Waals surface area contributed by atoms with Crippen molar-refractivity contribution < 1.29 is 13.9 Å². The molecule has 1 heterocycles. The van der Waals surface area contributed by atoms with Gasteiger partial charge in [-0.05, 0) is 48.1 Å². The Kier molecular flexibility index (Phi) is 6.77. The van der Waals surface area contributed by atoms with Crippen LogP contribution in [0.25, 0.3) is 0 Å². The first-order valence-corrected chi connectivity index (χ1v) is 9.98. The summed E-state index contributed by atoms with van der Waals surface area (Å²) in [4.78, 5) is 14.0. The van der Waals surface area contributed by atoms with E-state index in [9.17, 15) is 9.18 Å². The molecule has 26 heavy (non-hydrogen) atoms. The molecule has 1 aliphatic rings. The second-order valence-electron chi connectivity index (χ2n) is 6.16. The van der Waals surface area contributed by atoms with Crippen LogP contribution in [0.4, 0.5) is 20.6 Å². The molecule has 0 aliphatic carbocycles. The van der Waals surface area contributed by atoms with Crippen molar-refractivity contribution in [2.75, 3.05) is 34.8 Å². The predicted octanol–water partition coefficient (Wildman–Crippen LogP) is 4.91. The minimum atomic E-state index is -0.593. The van der Waals surface area contributed by atoms with E-state index in [4.69, 9.17) is 4.74 Å². The van der Waals surface area contributed by atoms with Crippen LogP contribution in [0.1, 0.15) is 18.4 Å². The molecule has 1 saturated heterocycles. The fourth-order valence-electron chi connectivity index (χ4n) is 2.89. The van der Waals surface area contributed by atoms with Crippen LogP contribution in [0.15, 0.2) is 48.5 Å². The molecule has 1 amide bonds. The second kappa shape index (κ2) is 9.48. The van der Waals surface area contributed by atoms with E-state index >= 15 is 0 Å². The predicted molar refractivity (Wildman–Crippen MR) is 105 cm³/mol. The zero-order chi connectivity index (χ0) is 18.2. The molecule has 0 spiro atoms. The number of ether oxygens (including phenoxy) is 1. The van der Waals surface area contributed by atoms with Crippen molar-refractivity contribution in [1.82, 2.24) is 0 Å². The van der Waals surface area contributed by atoms with Crippen LogP contribution in [-0.2, 0) is 11.3 Å². The minimum Gasteiger partial charge on any atom is -0.444 e. The maximum absolute atomic E-state index is 14.5. The summed E-state index contributed by atoms with van der Waals surface area (Å²) in [5.41, 5.74) is 1.89. The number of benzene rings is 2. The molecule has 0 atom stereocenters. The van der Waals surface area contributed by atoms with Gasteiger partial charge in [-0.15, -0.1) is 0 Å². The van der Waals surface area contributed by atoms with Gasteiger partial charge in [-0.3, -0.25) is 5.32 Å². The van der Waals surface area contributed by atoms with Crippen molar-refractivity contribution in [3.8, 4) is 0 Å². The molecule has 6 heteroatoms. The van der Waals surface area contributed by atoms with E-state index in [0.717, 1.165) is 43.0 Å². The first kappa shape index (κ1) is 18.6. The maximum Gasteiger partial charge on any atom is 0.411 e. The van der Waals surface area contributed by atoms with Gasteiger partial charge in [-0.2, -0.15) is 11.8 Å². The van der Waals surface area contributed by atoms with Crippen LogP contribution >= 0.6 is 11.8 Å². The smallest absolute Gasteiger partial charge is 0.411 e. The van der Waals surface area contributed by atoms with Gasteiger partial charge in [0.25, 0.3) is 0 Å². The third-order valence-corrected chi connectivity index (χ3v) is 5.34. The SMILES string of the molecule is O=C(Nc1ccc(N2CCCSCCC2)c(F)c1)OCc1ccccc1. The molecule has 1 N–H and O–H groups in total. The van der Waals surface area contributed by atoms with E-state index in [-0.39, 0.29) is 12.4 Å². The number of carbonyl (C=O) groups excluding carboxylic acids is 1. The number of rotatable bonds is 4. The fraction of sp³-hybridized carbons (Fsp3) is 0.350. The highest BCUT2D eigenvalue weighted by Crippen LogP contribution is 2.25. The summed E-state index contributed by atoms with van der Waals surface area (Å²) < 4.78 is 19.7. The third kappa shape index (κ3) is 5.39. The Labute approximate surface area is 157 Å². The lowest BCUT2D eigenvalue weighted by atomic mass is 10.2. The van der Waals surface area contributed by atoms with Gasteiger partial charge in [0, 0.05) is 18.8 Å². The zero-order valence-electron chi connectivity index (χ0n) is 14.6. The molecular weight excluding hydrogens is 351 g/mol. The summed E-state index contributed by atoms with van der Waals surface area (Å²) in [6, 6.07) is 14.2. The van der Waals surface area contributed by atoms with Crippen LogP contribution in [0.2, 0.25) is 0 Å². The van der Waals surface area contributed by atoms with E-state index in [2.05, 4.69) is 10.2 Å². The Morgan fingerprint density at radius 3 is 2.54 bits per heavy atom. The largest absolute Gasteiger partial charge is 0.444 e. The molecule has 0 aromatic heterocycles. The van der Waals surface area contributed by atoms with Crippen LogP contribution in [0, 0.1) is 5.82 Å². The molecule has 138 valence electrons. The van der Waals surface area contributed by atoms with E-state index in [1.165, 1.54) is 6.07 Å². The summed E-state index contributed by atoms with van der Waals surface area (Å²) in [7, 11) is 0. The first-order chi connectivity index (χ1) is 12.7. The second-order valence-corrected chi connectivity index (χ2v) is 7.38. The van der Waals surface area contributed by atoms with Crippen LogP contribution in [0.5, 0.6) is 0 Å². The topological polar surface area (TPSA) is 41.6 Å². The van der Waals surface area contributed by atoms with Crippen LogP contribution < -0.4 is 10.2 Å². The molecule has 0 radical (unpaired) electrons. The normalized spacial score (nSPS) is 15.0. The fourth-order valence-corrected chi connectivity index (χ4v) is 3.76. The number of carbonyl (C=O) groups is 1. The van der Waals surface area contributed by atoms with Crippen LogP contribution in [-0.4, -0.2) is 30.7 Å². The van der Waals surface area contributed by atoms with Gasteiger partial charge in [0.2, 0.25) is 0 Å². The lowest BCUT2D eigenvalue weighted by Crippen LogP contribution is -2.28. The summed E-state index contributed by atoms with van der Waals surface area (Å²) in [6.45, 7) is 1.89. The van der Waals surface area contributed by atoms with E-state index in [1.807, 2.05) is 42.1 Å². The highest BCUT2D eigenvalue weighted by Gasteiger charge is 2.14. The monoisotopic (exact) mass is 374 g/mol. The molecule has 0 saturated carbocycles. The maximum atomic E-state index is 14.5. The standard InChI is InChI=1S/C20H23FN2O2S/c21-18-14-17(22-20(24)25-15-16-6-2-1-3-7-16)8-9-19(18)23-10-4-12-26-13-5-11-23/h1-3,6-9,14H,4-5,10-13,15H2,(H,22,24). The minimum absolute atomic E-state index is 0.180. The lowest BCUT2D eigenvalue weighted by Gasteiger charge is -2.27. The Morgan fingerprint density at radius 1 is 1.12 bits per heavy atom. The molecule has 2 aromatic carbocycles. The molecule has 1 fully saturated rings. The van der Waals surface area contributed by atoms with Gasteiger partial charge in [0.1, 0.15) is 12.4 Å². The number of hydrogen-bond acceptors (Lipinski definition) is 4. The van der Waals surface area contributed by atoms with Gasteiger partial charge < -0.3 is 9.64 Å². The van der Waals surface area contributed by atoms with Crippen molar-refractivity contribution in [1.29, 1.82) is 0 Å². The summed E-state index contributed by atoms with van der Waals surface area (Å²) in [6.07, 6.45) is 1.51. The van der Waals surface area contributed by atoms with Gasteiger partial charge in [0.15, 0.2) is 0 Å². The Hall–Kier alpha value is -2.21. The lowest BCUT2D eigenvalue weighted by molar-refractivity contribution is 0.155. The summed E-state index contributed by atoms with van der Waals surface area (Å²) in [5.74, 6) is 1.91. The van der Waals surface area contributed by atoms with Gasteiger partial charge >= 0.3 is 6.09 Å². The Bertz CT molecular complexity index is 719. The van der Waals surface area contributed by atoms with Crippen molar-refractivity contribution in [2.45, 2.75) is 19.4 Å². The van der Waals surface area contributed by atoms with Crippen molar-refractivity contribution in [2.24, 2.45) is 0 Å². The first-order valence-electron chi connectivity index (χ1n) is 8.82. The zero-order valence-corrected chi connectivity index (χ0v) is 15.4. The number of nitrogens with zero attached hydrogens (tertiary/aromatic N) is 1. The molecule has 1 aliphatic heterocycles. The van der Waals surface area contributed by atoms with Gasteiger partial charge in [-0.1, -0.05) is 30.3 Å². The molecular formula is C20H23FN2O2S. The molecule has 2 aromatic rings. The third-order valence-electron chi connectivity index (χ3n) is 4.18. The summed E-state index contributed by atoms with van der Waals surface area (Å²) >= 11 is 1.96. The quantitative estimate of drug-likeness (QED) is 0.826. The van der Waals surface area contributed by atoms with Crippen molar-refractivity contribution >= 4 is 29.2 Å². The van der Waals surface area contributed by atoms with Crippen molar-refractivity contribution in [3.05, 3.63) is 59.9 Å². The number of nitrogens with one attached hydrogen (secondary N) is 1. The molecule has 0 unspecified atom stereocenters. The van der Waals surface area contributed by atoms with Gasteiger partial charge in [-0.25, -0.2) is 9.18 Å². The average molecular weight is 374 g/mol. The molecule has 0 bridgehead atoms.